The van der Waals surface area contributed by atoms with Crippen molar-refractivity contribution in [1.29, 1.82) is 0 Å². The molecule has 140 valence electrons. The van der Waals surface area contributed by atoms with Gasteiger partial charge in [-0.15, -0.1) is 0 Å². The Morgan fingerprint density at radius 2 is 1.73 bits per heavy atom. The van der Waals surface area contributed by atoms with Crippen molar-refractivity contribution in [2.24, 2.45) is 0 Å². The molecule has 1 unspecified atom stereocenters. The van der Waals surface area contributed by atoms with E-state index in [1.807, 2.05) is 0 Å². The molecule has 0 aromatic heterocycles. The molecule has 0 radical (unpaired) electrons. The van der Waals surface area contributed by atoms with E-state index in [0.29, 0.717) is 24.1 Å². The number of carboxylic acids is 1. The first kappa shape index (κ1) is 19.4. The number of amides is 4. The minimum Gasteiger partial charge on any atom is -0.481 e. The highest BCUT2D eigenvalue weighted by atomic mass is 16.4. The molecule has 1 aromatic carbocycles. The number of nitrogens with one attached hydrogen (secondary N) is 3. The lowest BCUT2D eigenvalue weighted by Gasteiger charge is -2.21. The van der Waals surface area contributed by atoms with Gasteiger partial charge < -0.3 is 15.7 Å². The van der Waals surface area contributed by atoms with Crippen molar-refractivity contribution in [3.63, 3.8) is 0 Å². The summed E-state index contributed by atoms with van der Waals surface area (Å²) in [5.41, 5.74) is -0.0778. The Hall–Kier alpha value is -2.90. The molecular weight excluding hydrogens is 338 g/mol. The quantitative estimate of drug-likeness (QED) is 0.392. The van der Waals surface area contributed by atoms with Crippen LogP contribution in [0.3, 0.4) is 0 Å². The zero-order valence-corrected chi connectivity index (χ0v) is 14.6. The van der Waals surface area contributed by atoms with Gasteiger partial charge in [-0.2, -0.15) is 0 Å². The first-order valence-corrected chi connectivity index (χ1v) is 8.57. The summed E-state index contributed by atoms with van der Waals surface area (Å²) < 4.78 is 0. The standard InChI is InChI=1S/C18H23N3O5/c1-18(16(25)20-17(26)21-18)13-9-7-12(8-10-13)15(24)19-11-5-3-2-4-6-14(22)23/h7-10H,2-6,11H2,1H3,(H,19,24)(H,22,23)(H2,20,21,25,26). The third kappa shape index (κ3) is 4.81. The van der Waals surface area contributed by atoms with Gasteiger partial charge in [0.25, 0.3) is 11.8 Å². The largest absolute Gasteiger partial charge is 0.481 e. The number of hydrogen-bond donors (Lipinski definition) is 4. The molecule has 4 N–H and O–H groups in total. The fraction of sp³-hybridized carbons (Fsp3) is 0.444. The van der Waals surface area contributed by atoms with E-state index in [9.17, 15) is 19.2 Å². The molecule has 1 aromatic rings. The van der Waals surface area contributed by atoms with Crippen LogP contribution < -0.4 is 16.0 Å². The van der Waals surface area contributed by atoms with Gasteiger partial charge >= 0.3 is 12.0 Å². The van der Waals surface area contributed by atoms with Crippen molar-refractivity contribution < 1.29 is 24.3 Å². The Morgan fingerprint density at radius 1 is 1.08 bits per heavy atom. The zero-order valence-electron chi connectivity index (χ0n) is 14.6. The van der Waals surface area contributed by atoms with Gasteiger partial charge in [0.15, 0.2) is 0 Å². The van der Waals surface area contributed by atoms with Crippen LogP contribution >= 0.6 is 0 Å². The topological polar surface area (TPSA) is 125 Å². The number of unbranched alkanes of at least 4 members (excludes halogenated alkanes) is 3. The van der Waals surface area contributed by atoms with Crippen molar-refractivity contribution in [3.05, 3.63) is 35.4 Å². The molecule has 0 spiro atoms. The predicted molar refractivity (Wildman–Crippen MR) is 93.5 cm³/mol. The number of aliphatic carboxylic acids is 1. The summed E-state index contributed by atoms with van der Waals surface area (Å²) in [6.07, 6.45) is 3.29. The summed E-state index contributed by atoms with van der Waals surface area (Å²) in [7, 11) is 0. The summed E-state index contributed by atoms with van der Waals surface area (Å²) in [6, 6.07) is 5.97. The maximum atomic E-state index is 12.1. The molecule has 1 heterocycles. The van der Waals surface area contributed by atoms with Crippen LogP contribution in [-0.4, -0.2) is 35.5 Å². The second-order valence-corrected chi connectivity index (χ2v) is 6.42. The van der Waals surface area contributed by atoms with Gasteiger partial charge in [0.05, 0.1) is 0 Å². The second-order valence-electron chi connectivity index (χ2n) is 6.42. The fourth-order valence-electron chi connectivity index (χ4n) is 2.76. The van der Waals surface area contributed by atoms with Gasteiger partial charge in [0.2, 0.25) is 0 Å². The van der Waals surface area contributed by atoms with E-state index in [-0.39, 0.29) is 12.3 Å². The molecule has 0 bridgehead atoms. The van der Waals surface area contributed by atoms with Gasteiger partial charge in [-0.05, 0) is 37.5 Å². The van der Waals surface area contributed by atoms with Crippen LogP contribution in [0.5, 0.6) is 0 Å². The van der Waals surface area contributed by atoms with E-state index in [0.717, 1.165) is 19.3 Å². The fourth-order valence-corrected chi connectivity index (χ4v) is 2.76. The van der Waals surface area contributed by atoms with Gasteiger partial charge in [-0.3, -0.25) is 19.7 Å². The second kappa shape index (κ2) is 8.46. The molecule has 1 aliphatic rings. The number of urea groups is 1. The van der Waals surface area contributed by atoms with E-state index in [1.54, 1.807) is 31.2 Å². The van der Waals surface area contributed by atoms with Gasteiger partial charge in [0.1, 0.15) is 5.54 Å². The Bertz CT molecular complexity index is 701. The minimum atomic E-state index is -1.14. The van der Waals surface area contributed by atoms with Gasteiger partial charge in [-0.1, -0.05) is 25.0 Å². The monoisotopic (exact) mass is 361 g/mol. The Kier molecular flexibility index (Phi) is 6.32. The summed E-state index contributed by atoms with van der Waals surface area (Å²) in [5.74, 6) is -1.43. The van der Waals surface area contributed by atoms with E-state index in [4.69, 9.17) is 5.11 Å². The number of imide groups is 1. The molecule has 1 atom stereocenters. The molecule has 0 aliphatic carbocycles. The number of rotatable bonds is 9. The van der Waals surface area contributed by atoms with Crippen molar-refractivity contribution in [2.45, 2.75) is 44.6 Å². The highest BCUT2D eigenvalue weighted by Gasteiger charge is 2.43. The van der Waals surface area contributed by atoms with E-state index in [2.05, 4.69) is 16.0 Å². The third-order valence-electron chi connectivity index (χ3n) is 4.37. The average molecular weight is 361 g/mol. The van der Waals surface area contributed by atoms with Crippen LogP contribution in [-0.2, 0) is 15.1 Å². The Morgan fingerprint density at radius 3 is 2.31 bits per heavy atom. The smallest absolute Gasteiger partial charge is 0.322 e. The van der Waals surface area contributed by atoms with Gasteiger partial charge in [0, 0.05) is 18.5 Å². The van der Waals surface area contributed by atoms with Crippen LogP contribution in [0.25, 0.3) is 0 Å². The van der Waals surface area contributed by atoms with Crippen molar-refractivity contribution in [3.8, 4) is 0 Å². The molecule has 8 heteroatoms. The van der Waals surface area contributed by atoms with Crippen LogP contribution in [0.4, 0.5) is 4.79 Å². The lowest BCUT2D eigenvalue weighted by Crippen LogP contribution is -2.40. The predicted octanol–water partition coefficient (Wildman–Crippen LogP) is 1.51. The highest BCUT2D eigenvalue weighted by molar-refractivity contribution is 6.07. The van der Waals surface area contributed by atoms with E-state index >= 15 is 0 Å². The lowest BCUT2D eigenvalue weighted by molar-refractivity contribution is -0.137. The number of carbonyl (C=O) groups excluding carboxylic acids is 3. The summed E-state index contributed by atoms with van der Waals surface area (Å²) in [6.45, 7) is 2.12. The third-order valence-corrected chi connectivity index (χ3v) is 4.37. The van der Waals surface area contributed by atoms with E-state index in [1.165, 1.54) is 0 Å². The molecule has 8 nitrogen and oxygen atoms in total. The first-order valence-electron chi connectivity index (χ1n) is 8.57. The van der Waals surface area contributed by atoms with Crippen LogP contribution in [0.1, 0.15) is 54.9 Å². The van der Waals surface area contributed by atoms with Crippen molar-refractivity contribution in [2.75, 3.05) is 6.54 Å². The number of carboxylic acid groups (broad SMARTS) is 1. The van der Waals surface area contributed by atoms with Crippen molar-refractivity contribution in [1.82, 2.24) is 16.0 Å². The normalized spacial score (nSPS) is 19.0. The SMILES string of the molecule is CC1(c2ccc(C(=O)NCCCCCCC(=O)O)cc2)NC(=O)NC1=O. The molecule has 1 saturated heterocycles. The maximum absolute atomic E-state index is 12.1. The van der Waals surface area contributed by atoms with Crippen LogP contribution in [0, 0.1) is 0 Å². The molecule has 2 rings (SSSR count). The van der Waals surface area contributed by atoms with Crippen molar-refractivity contribution >= 4 is 23.8 Å². The minimum absolute atomic E-state index is 0.177. The highest BCUT2D eigenvalue weighted by Crippen LogP contribution is 2.24. The molecule has 1 aliphatic heterocycles. The average Bonchev–Trinajstić information content (AvgIpc) is 2.86. The molecule has 26 heavy (non-hydrogen) atoms. The molecule has 1 fully saturated rings. The van der Waals surface area contributed by atoms with Crippen LogP contribution in [0.2, 0.25) is 0 Å². The molecular formula is C18H23N3O5. The summed E-state index contributed by atoms with van der Waals surface area (Å²) >= 11 is 0. The number of benzene rings is 1. The molecule has 4 amide bonds. The molecule has 0 saturated carbocycles. The van der Waals surface area contributed by atoms with E-state index < -0.39 is 23.4 Å². The Balaban J connectivity index is 1.79. The first-order chi connectivity index (χ1) is 12.3. The number of hydrogen-bond acceptors (Lipinski definition) is 4. The zero-order chi connectivity index (χ0) is 19.2. The maximum Gasteiger partial charge on any atom is 0.322 e. The summed E-state index contributed by atoms with van der Waals surface area (Å²) in [4.78, 5) is 45.7. The summed E-state index contributed by atoms with van der Waals surface area (Å²) in [5, 5.41) is 16.1. The Labute approximate surface area is 151 Å². The van der Waals surface area contributed by atoms with Crippen LogP contribution in [0.15, 0.2) is 24.3 Å². The lowest BCUT2D eigenvalue weighted by atomic mass is 9.91. The van der Waals surface area contributed by atoms with Gasteiger partial charge in [-0.25, -0.2) is 4.79 Å². The number of carbonyl (C=O) groups is 4.